The summed E-state index contributed by atoms with van der Waals surface area (Å²) in [5.74, 6) is 0. The Morgan fingerprint density at radius 1 is 1.58 bits per heavy atom. The molecule has 6 heteroatoms. The van der Waals surface area contributed by atoms with Crippen molar-refractivity contribution in [1.29, 1.82) is 0 Å². The van der Waals surface area contributed by atoms with E-state index in [1.165, 1.54) is 7.11 Å². The highest BCUT2D eigenvalue weighted by atomic mass is 16.7. The lowest BCUT2D eigenvalue weighted by atomic mass is 10.1. The third-order valence-corrected chi connectivity index (χ3v) is 1.70. The average molecular weight is 177 g/mol. The zero-order chi connectivity index (χ0) is 9.14. The third-order valence-electron chi connectivity index (χ3n) is 1.70. The Morgan fingerprint density at radius 3 is 2.75 bits per heavy atom. The van der Waals surface area contributed by atoms with Gasteiger partial charge in [0.1, 0.15) is 17.9 Å². The van der Waals surface area contributed by atoms with Gasteiger partial charge in [-0.15, -0.1) is 0 Å². The molecule has 0 aromatic rings. The molecular weight excluding hydrogens is 166 g/mol. The monoisotopic (exact) mass is 177 g/mol. The van der Waals surface area contributed by atoms with Crippen LogP contribution in [0.15, 0.2) is 5.16 Å². The van der Waals surface area contributed by atoms with Crippen molar-refractivity contribution in [3.8, 4) is 0 Å². The minimum Gasteiger partial charge on any atom is -0.411 e. The first-order valence-electron chi connectivity index (χ1n) is 3.42. The molecule has 1 aliphatic rings. The van der Waals surface area contributed by atoms with Crippen molar-refractivity contribution in [2.75, 3.05) is 13.7 Å². The highest BCUT2D eigenvalue weighted by Gasteiger charge is 2.36. The molecule has 0 bridgehead atoms. The van der Waals surface area contributed by atoms with Crippen molar-refractivity contribution in [2.24, 2.45) is 5.16 Å². The second-order valence-corrected chi connectivity index (χ2v) is 2.44. The number of oxime groups is 1. The molecule has 12 heavy (non-hydrogen) atoms. The number of nitrogens with zero attached hydrogens (tertiary/aromatic N) is 1. The third kappa shape index (κ3) is 1.56. The van der Waals surface area contributed by atoms with Crippen molar-refractivity contribution in [2.45, 2.75) is 18.5 Å². The lowest BCUT2D eigenvalue weighted by Crippen LogP contribution is -2.51. The van der Waals surface area contributed by atoms with Gasteiger partial charge in [-0.1, -0.05) is 5.16 Å². The second kappa shape index (κ2) is 3.81. The molecule has 0 unspecified atom stereocenters. The highest BCUT2D eigenvalue weighted by molar-refractivity contribution is 5.90. The van der Waals surface area contributed by atoms with Gasteiger partial charge in [-0.25, -0.2) is 0 Å². The maximum Gasteiger partial charge on any atom is 0.186 e. The normalized spacial score (nSPS) is 40.2. The molecule has 0 spiro atoms. The zero-order valence-corrected chi connectivity index (χ0v) is 6.54. The summed E-state index contributed by atoms with van der Waals surface area (Å²) in [5, 5.41) is 29.6. The Labute approximate surface area is 69.0 Å². The Hall–Kier alpha value is -0.690. The molecule has 6 nitrogen and oxygen atoms in total. The summed E-state index contributed by atoms with van der Waals surface area (Å²) >= 11 is 0. The lowest BCUT2D eigenvalue weighted by Gasteiger charge is -2.30. The van der Waals surface area contributed by atoms with Gasteiger partial charge < -0.3 is 24.9 Å². The first-order chi connectivity index (χ1) is 5.70. The summed E-state index contributed by atoms with van der Waals surface area (Å²) in [5.41, 5.74) is -0.00389. The van der Waals surface area contributed by atoms with Crippen LogP contribution in [0.5, 0.6) is 0 Å². The molecule has 1 rings (SSSR count). The summed E-state index contributed by atoms with van der Waals surface area (Å²) in [6.07, 6.45) is -3.31. The van der Waals surface area contributed by atoms with Gasteiger partial charge in [-0.05, 0) is 0 Å². The fourth-order valence-corrected chi connectivity index (χ4v) is 0.993. The van der Waals surface area contributed by atoms with Crippen molar-refractivity contribution in [3.63, 3.8) is 0 Å². The standard InChI is InChI=1S/C6H11NO5/c1-11-6-5(9)4(8)3(7-10)2-12-6/h4-6,8-10H,2H2,1H3/t4-,5+,6-/m0/s1. The summed E-state index contributed by atoms with van der Waals surface area (Å²) in [4.78, 5) is 0. The van der Waals surface area contributed by atoms with Crippen LogP contribution in [0.2, 0.25) is 0 Å². The lowest BCUT2D eigenvalue weighted by molar-refractivity contribution is -0.201. The fourth-order valence-electron chi connectivity index (χ4n) is 0.993. The highest BCUT2D eigenvalue weighted by Crippen LogP contribution is 2.13. The Bertz CT molecular complexity index is 183. The van der Waals surface area contributed by atoms with Gasteiger partial charge in [0.15, 0.2) is 6.29 Å². The average Bonchev–Trinajstić information content (AvgIpc) is 2.10. The molecule has 0 aromatic carbocycles. The second-order valence-electron chi connectivity index (χ2n) is 2.44. The number of hydrogen-bond acceptors (Lipinski definition) is 6. The van der Waals surface area contributed by atoms with E-state index in [1.54, 1.807) is 0 Å². The molecule has 1 aliphatic heterocycles. The molecular formula is C6H11NO5. The van der Waals surface area contributed by atoms with Crippen molar-refractivity contribution in [1.82, 2.24) is 0 Å². The van der Waals surface area contributed by atoms with Crippen LogP contribution in [0.25, 0.3) is 0 Å². The van der Waals surface area contributed by atoms with Gasteiger partial charge in [0.2, 0.25) is 0 Å². The van der Waals surface area contributed by atoms with E-state index in [1.807, 2.05) is 0 Å². The summed E-state index contributed by atoms with van der Waals surface area (Å²) < 4.78 is 9.59. The molecule has 0 aliphatic carbocycles. The van der Waals surface area contributed by atoms with Crippen molar-refractivity contribution in [3.05, 3.63) is 0 Å². The number of ether oxygens (including phenoxy) is 2. The maximum absolute atomic E-state index is 9.25. The molecule has 1 fully saturated rings. The zero-order valence-electron chi connectivity index (χ0n) is 6.54. The van der Waals surface area contributed by atoms with Crippen LogP contribution < -0.4 is 0 Å². The van der Waals surface area contributed by atoms with Crippen LogP contribution in [0, 0.1) is 0 Å². The molecule has 1 heterocycles. The SMILES string of the molecule is CO[C@H]1OCC(=NO)[C@H](O)[C@H]1O. The summed E-state index contributed by atoms with van der Waals surface area (Å²) in [7, 11) is 1.35. The topological polar surface area (TPSA) is 91.5 Å². The van der Waals surface area contributed by atoms with Gasteiger partial charge in [0.25, 0.3) is 0 Å². The van der Waals surface area contributed by atoms with Crippen LogP contribution >= 0.6 is 0 Å². The first kappa shape index (κ1) is 9.40. The van der Waals surface area contributed by atoms with Crippen LogP contribution in [0.1, 0.15) is 0 Å². The predicted octanol–water partition coefficient (Wildman–Crippen LogP) is -1.46. The molecule has 0 saturated carbocycles. The number of hydrogen-bond donors (Lipinski definition) is 3. The molecule has 0 aromatic heterocycles. The number of rotatable bonds is 1. The largest absolute Gasteiger partial charge is 0.411 e. The van der Waals surface area contributed by atoms with E-state index >= 15 is 0 Å². The molecule has 0 amide bonds. The van der Waals surface area contributed by atoms with Crippen LogP contribution in [-0.4, -0.2) is 53.3 Å². The first-order valence-corrected chi connectivity index (χ1v) is 3.42. The van der Waals surface area contributed by atoms with Gasteiger partial charge in [0.05, 0.1) is 6.61 Å². The fraction of sp³-hybridized carbons (Fsp3) is 0.833. The number of aliphatic hydroxyl groups is 2. The van der Waals surface area contributed by atoms with Gasteiger partial charge >= 0.3 is 0 Å². The number of methoxy groups -OCH3 is 1. The van der Waals surface area contributed by atoms with Crippen LogP contribution in [0.3, 0.4) is 0 Å². The molecule has 1 saturated heterocycles. The van der Waals surface area contributed by atoms with Crippen LogP contribution in [-0.2, 0) is 9.47 Å². The van der Waals surface area contributed by atoms with E-state index in [-0.39, 0.29) is 12.3 Å². The van der Waals surface area contributed by atoms with E-state index in [0.29, 0.717) is 0 Å². The number of aliphatic hydroxyl groups excluding tert-OH is 2. The van der Waals surface area contributed by atoms with Crippen molar-refractivity contribution < 1.29 is 24.9 Å². The Balaban J connectivity index is 2.65. The Morgan fingerprint density at radius 2 is 2.25 bits per heavy atom. The van der Waals surface area contributed by atoms with E-state index in [2.05, 4.69) is 5.16 Å². The van der Waals surface area contributed by atoms with E-state index in [0.717, 1.165) is 0 Å². The quantitative estimate of drug-likeness (QED) is 0.336. The van der Waals surface area contributed by atoms with E-state index in [9.17, 15) is 10.2 Å². The van der Waals surface area contributed by atoms with E-state index < -0.39 is 18.5 Å². The molecule has 0 radical (unpaired) electrons. The van der Waals surface area contributed by atoms with Crippen molar-refractivity contribution >= 4 is 5.71 Å². The summed E-state index contributed by atoms with van der Waals surface area (Å²) in [6.45, 7) is -0.0484. The predicted molar refractivity (Wildman–Crippen MR) is 38.0 cm³/mol. The minimum absolute atomic E-state index is 0.00389. The molecule has 3 N–H and O–H groups in total. The summed E-state index contributed by atoms with van der Waals surface area (Å²) in [6, 6.07) is 0. The molecule has 70 valence electrons. The molecule has 3 atom stereocenters. The van der Waals surface area contributed by atoms with Gasteiger partial charge in [-0.3, -0.25) is 0 Å². The van der Waals surface area contributed by atoms with Gasteiger partial charge in [-0.2, -0.15) is 0 Å². The minimum atomic E-state index is -1.23. The Kier molecular flexibility index (Phi) is 2.99. The van der Waals surface area contributed by atoms with E-state index in [4.69, 9.17) is 14.7 Å². The smallest absolute Gasteiger partial charge is 0.186 e. The maximum atomic E-state index is 9.25. The van der Waals surface area contributed by atoms with Crippen LogP contribution in [0.4, 0.5) is 0 Å². The van der Waals surface area contributed by atoms with Gasteiger partial charge in [0, 0.05) is 7.11 Å².